The Morgan fingerprint density at radius 2 is 1.81 bits per heavy atom. The summed E-state index contributed by atoms with van der Waals surface area (Å²) in [4.78, 5) is 68.3. The number of nitrogens with one attached hydrogen (secondary N) is 2. The normalized spacial score (nSPS) is 16.5. The standard InChI is InChI=1S/C44H58F2N6O5.C8H11NO2/c1-10-51-37-16-15-29(21-34(37)35(24-44(5,6)25-57-26-53)41(51)32-14-13-17-47-39(32)28(4)56-9)33-23-31(45)20-30(38(33)46)22-36(43(55)52-19-12-11-18-48-52)49-42(54)40(27(2)3)50(7)8;1-2-8(11)9-4-3-7(5-9)6-10/h13-17,20-21,23,26-28,36,40,48H,10-12,18-19,22,24-25H2,1-9H3,(H,49,54);2,6-7H,1,3-5H2. The first kappa shape index (κ1) is 53.1. The highest BCUT2D eigenvalue weighted by Crippen LogP contribution is 2.42. The molecule has 4 atom stereocenters. The molecule has 2 saturated heterocycles. The largest absolute Gasteiger partial charge is 0.467 e. The maximum absolute atomic E-state index is 17.0. The summed E-state index contributed by atoms with van der Waals surface area (Å²) >= 11 is 0. The maximum Gasteiger partial charge on any atom is 0.293 e. The van der Waals surface area contributed by atoms with Crippen LogP contribution in [0.2, 0.25) is 0 Å². The van der Waals surface area contributed by atoms with Crippen LogP contribution >= 0.6 is 0 Å². The lowest BCUT2D eigenvalue weighted by Gasteiger charge is -2.33. The van der Waals surface area contributed by atoms with Crippen molar-refractivity contribution in [2.24, 2.45) is 17.3 Å². The maximum atomic E-state index is 17.0. The summed E-state index contributed by atoms with van der Waals surface area (Å²) in [5.41, 5.74) is 7.41. The van der Waals surface area contributed by atoms with Gasteiger partial charge >= 0.3 is 0 Å². The number of rotatable bonds is 19. The highest BCUT2D eigenvalue weighted by Gasteiger charge is 2.34. The van der Waals surface area contributed by atoms with Crippen molar-refractivity contribution in [2.45, 2.75) is 98.4 Å². The van der Waals surface area contributed by atoms with Crippen molar-refractivity contribution >= 4 is 41.4 Å². The average molecular weight is 942 g/mol. The van der Waals surface area contributed by atoms with E-state index in [0.717, 1.165) is 65.0 Å². The second-order valence-corrected chi connectivity index (χ2v) is 19.0. The third kappa shape index (κ3) is 12.6. The summed E-state index contributed by atoms with van der Waals surface area (Å²) in [6.45, 7) is 18.7. The van der Waals surface area contributed by atoms with Crippen molar-refractivity contribution in [3.05, 3.63) is 89.8 Å². The minimum Gasteiger partial charge on any atom is -0.467 e. The predicted octanol–water partition coefficient (Wildman–Crippen LogP) is 7.08. The highest BCUT2D eigenvalue weighted by molar-refractivity contribution is 5.95. The van der Waals surface area contributed by atoms with E-state index in [4.69, 9.17) is 14.5 Å². The fourth-order valence-electron chi connectivity index (χ4n) is 9.36. The molecule has 0 saturated carbocycles. The number of pyridine rings is 1. The van der Waals surface area contributed by atoms with Gasteiger partial charge < -0.3 is 29.1 Å². The molecule has 3 amide bonds. The van der Waals surface area contributed by atoms with Gasteiger partial charge in [-0.3, -0.25) is 34.1 Å². The molecule has 2 aliphatic rings. The van der Waals surface area contributed by atoms with Crippen LogP contribution in [0.1, 0.15) is 83.7 Å². The molecule has 6 rings (SSSR count). The number of methoxy groups -OCH3 is 1. The van der Waals surface area contributed by atoms with E-state index in [2.05, 4.69) is 21.9 Å². The fourth-order valence-corrected chi connectivity index (χ4v) is 9.36. The third-order valence-electron chi connectivity index (χ3n) is 12.7. The van der Waals surface area contributed by atoms with Gasteiger partial charge in [-0.15, -0.1) is 0 Å². The molecule has 2 aromatic carbocycles. The van der Waals surface area contributed by atoms with Crippen molar-refractivity contribution in [2.75, 3.05) is 54.0 Å². The van der Waals surface area contributed by atoms with Gasteiger partial charge in [-0.2, -0.15) is 0 Å². The number of fused-ring (bicyclic) bond motifs is 1. The molecule has 2 aliphatic heterocycles. The van der Waals surface area contributed by atoms with Gasteiger partial charge in [0.15, 0.2) is 0 Å². The Balaban J connectivity index is 0.000000689. The molecule has 4 unspecified atom stereocenters. The number of amides is 3. The second-order valence-electron chi connectivity index (χ2n) is 19.0. The molecule has 2 fully saturated rings. The lowest BCUT2D eigenvalue weighted by Crippen LogP contribution is -2.58. The van der Waals surface area contributed by atoms with Gasteiger partial charge in [0, 0.05) is 85.8 Å². The van der Waals surface area contributed by atoms with Crippen molar-refractivity contribution in [3.8, 4) is 22.4 Å². The number of nitrogens with zero attached hydrogens (tertiary/aromatic N) is 5. The molecule has 0 spiro atoms. The molecule has 4 heterocycles. The molecule has 16 heteroatoms. The monoisotopic (exact) mass is 942 g/mol. The average Bonchev–Trinajstić information content (AvgIpc) is 3.93. The van der Waals surface area contributed by atoms with E-state index in [0.29, 0.717) is 51.2 Å². The zero-order valence-electron chi connectivity index (χ0n) is 41.1. The topological polar surface area (TPSA) is 155 Å². The van der Waals surface area contributed by atoms with Crippen LogP contribution in [0.3, 0.4) is 0 Å². The molecule has 0 aliphatic carbocycles. The summed E-state index contributed by atoms with van der Waals surface area (Å²) in [7, 11) is 5.22. The van der Waals surface area contributed by atoms with E-state index in [1.165, 1.54) is 17.2 Å². The van der Waals surface area contributed by atoms with Crippen LogP contribution < -0.4 is 10.7 Å². The lowest BCUT2D eigenvalue weighted by atomic mass is 9.84. The SMILES string of the molecule is C=CC(=O)N1CCC(C=O)C1.CCn1c(-c2cccnc2C(C)OC)c(CC(C)(C)COC=O)c2cc(-c3cc(F)cc(CC(NC(=O)C(C(C)C)N(C)C)C(=O)N4CCCCN4)c3F)ccc21. The van der Waals surface area contributed by atoms with Crippen LogP contribution in [-0.2, 0) is 52.8 Å². The molecular weight excluding hydrogens is 873 g/mol. The number of aromatic nitrogens is 2. The number of carbonyl (C=O) groups is 5. The van der Waals surface area contributed by atoms with Crippen molar-refractivity contribution in [1.82, 2.24) is 35.1 Å². The van der Waals surface area contributed by atoms with Crippen LogP contribution in [0.25, 0.3) is 33.3 Å². The number of likely N-dealkylation sites (N-methyl/N-ethyl adjacent to an activating group) is 1. The molecule has 2 aromatic heterocycles. The van der Waals surface area contributed by atoms with E-state index in [9.17, 15) is 24.0 Å². The fraction of sp³-hybridized carbons (Fsp3) is 0.500. The Kier molecular flexibility index (Phi) is 18.7. The Hall–Kier alpha value is -5.84. The number of likely N-dealkylation sites (tertiary alicyclic amines) is 1. The molecule has 0 bridgehead atoms. The van der Waals surface area contributed by atoms with Crippen LogP contribution in [0.15, 0.2) is 61.3 Å². The summed E-state index contributed by atoms with van der Waals surface area (Å²) in [5, 5.41) is 5.20. The summed E-state index contributed by atoms with van der Waals surface area (Å²) in [6.07, 6.45) is 6.31. The summed E-state index contributed by atoms with van der Waals surface area (Å²) in [5.74, 6) is -2.23. The molecule has 14 nitrogen and oxygen atoms in total. The molecule has 2 N–H and O–H groups in total. The van der Waals surface area contributed by atoms with E-state index < -0.39 is 35.0 Å². The van der Waals surface area contributed by atoms with Crippen LogP contribution in [0.5, 0.6) is 0 Å². The van der Waals surface area contributed by atoms with E-state index in [1.54, 1.807) is 43.3 Å². The number of aldehydes is 1. The second kappa shape index (κ2) is 23.9. The van der Waals surface area contributed by atoms with Crippen LogP contribution in [0, 0.1) is 28.9 Å². The lowest BCUT2D eigenvalue weighted by molar-refractivity contribution is -0.141. The first-order valence-corrected chi connectivity index (χ1v) is 23.4. The summed E-state index contributed by atoms with van der Waals surface area (Å²) in [6, 6.07) is 10.0. The number of carbonyl (C=O) groups excluding carboxylic acids is 5. The summed E-state index contributed by atoms with van der Waals surface area (Å²) < 4.78 is 45.8. The van der Waals surface area contributed by atoms with Crippen LogP contribution in [0.4, 0.5) is 8.78 Å². The van der Waals surface area contributed by atoms with Gasteiger partial charge in [0.2, 0.25) is 11.8 Å². The van der Waals surface area contributed by atoms with Gasteiger partial charge in [-0.25, -0.2) is 14.2 Å². The van der Waals surface area contributed by atoms with Gasteiger partial charge in [0.1, 0.15) is 24.0 Å². The quantitative estimate of drug-likeness (QED) is 0.0737. The molecule has 4 aromatic rings. The highest BCUT2D eigenvalue weighted by atomic mass is 19.1. The predicted molar refractivity (Wildman–Crippen MR) is 259 cm³/mol. The van der Waals surface area contributed by atoms with Gasteiger partial charge in [-0.1, -0.05) is 40.3 Å². The van der Waals surface area contributed by atoms with Gasteiger partial charge in [0.25, 0.3) is 12.4 Å². The zero-order valence-corrected chi connectivity index (χ0v) is 41.1. The number of benzene rings is 2. The van der Waals surface area contributed by atoms with Crippen LogP contribution in [-0.4, -0.2) is 121 Å². The Morgan fingerprint density at radius 1 is 1.06 bits per heavy atom. The van der Waals surface area contributed by atoms with Gasteiger partial charge in [0.05, 0.1) is 30.1 Å². The Bertz CT molecular complexity index is 2420. The number of hydrazine groups is 1. The third-order valence-corrected chi connectivity index (χ3v) is 12.7. The van der Waals surface area contributed by atoms with E-state index in [-0.39, 0.29) is 53.9 Å². The minimum absolute atomic E-state index is 0.0283. The van der Waals surface area contributed by atoms with Crippen molar-refractivity contribution in [1.29, 1.82) is 0 Å². The number of aryl methyl sites for hydroxylation is 1. The number of hydrogen-bond donors (Lipinski definition) is 2. The molecule has 368 valence electrons. The minimum atomic E-state index is -1.15. The molecule has 0 radical (unpaired) electrons. The van der Waals surface area contributed by atoms with Crippen molar-refractivity contribution < 1.29 is 42.2 Å². The van der Waals surface area contributed by atoms with E-state index in [1.807, 2.05) is 65.8 Å². The van der Waals surface area contributed by atoms with Gasteiger partial charge in [-0.05, 0) is 119 Å². The molecule has 68 heavy (non-hydrogen) atoms. The number of halogens is 2. The van der Waals surface area contributed by atoms with Crippen molar-refractivity contribution in [3.63, 3.8) is 0 Å². The Morgan fingerprint density at radius 3 is 2.41 bits per heavy atom. The smallest absolute Gasteiger partial charge is 0.293 e. The molecular formula is C52H69F2N7O7. The number of ether oxygens (including phenoxy) is 2. The zero-order chi connectivity index (χ0) is 49.9. The first-order valence-electron chi connectivity index (χ1n) is 23.4. The number of hydrogen-bond acceptors (Lipinski definition) is 10. The first-order chi connectivity index (χ1) is 32.4. The van der Waals surface area contributed by atoms with E-state index >= 15 is 8.78 Å². The Labute approximate surface area is 399 Å².